The highest BCUT2D eigenvalue weighted by Crippen LogP contribution is 2.13. The van der Waals surface area contributed by atoms with Gasteiger partial charge in [0.05, 0.1) is 16.2 Å². The zero-order valence-electron chi connectivity index (χ0n) is 11.5. The molecule has 0 aliphatic heterocycles. The number of hydrogen-bond donors (Lipinski definition) is 3. The van der Waals surface area contributed by atoms with Gasteiger partial charge in [-0.05, 0) is 38.1 Å². The molecule has 0 fully saturated rings. The molecule has 21 heavy (non-hydrogen) atoms. The summed E-state index contributed by atoms with van der Waals surface area (Å²) in [6.45, 7) is 3.72. The normalized spacial score (nSPS) is 11.5. The second-order valence-corrected chi connectivity index (χ2v) is 6.33. The molecule has 2 aromatic rings. The number of hydrogen-bond acceptors (Lipinski definition) is 4. The highest BCUT2D eigenvalue weighted by molar-refractivity contribution is 7.89. The van der Waals surface area contributed by atoms with Crippen LogP contribution in [0.5, 0.6) is 0 Å². The van der Waals surface area contributed by atoms with Crippen molar-refractivity contribution in [1.82, 2.24) is 14.9 Å². The lowest BCUT2D eigenvalue weighted by atomic mass is 10.2. The van der Waals surface area contributed by atoms with Crippen LogP contribution in [0, 0.1) is 13.8 Å². The molecule has 0 amide bonds. The van der Waals surface area contributed by atoms with E-state index in [1.54, 1.807) is 6.92 Å². The first-order chi connectivity index (χ1) is 9.81. The number of carboxylic acids is 1. The van der Waals surface area contributed by atoms with Gasteiger partial charge < -0.3 is 5.11 Å². The molecule has 0 aliphatic rings. The van der Waals surface area contributed by atoms with Gasteiger partial charge in [-0.25, -0.2) is 17.9 Å². The number of rotatable bonds is 5. The third-order valence-corrected chi connectivity index (χ3v) is 4.55. The largest absolute Gasteiger partial charge is 0.478 e. The zero-order chi connectivity index (χ0) is 15.6. The predicted molar refractivity (Wildman–Crippen MR) is 75.5 cm³/mol. The molecule has 3 N–H and O–H groups in total. The van der Waals surface area contributed by atoms with E-state index in [1.165, 1.54) is 24.3 Å². The standard InChI is InChI=1S/C13H15N3O4S/c1-8-12(9(2)16-15-8)7-14-21(19,20)11-5-3-10(4-6-11)13(17)18/h3-6,14H,7H2,1-2H3,(H,15,16)(H,17,18). The fraction of sp³-hybridized carbons (Fsp3) is 0.231. The Kier molecular flexibility index (Phi) is 4.10. The first-order valence-corrected chi connectivity index (χ1v) is 7.63. The number of benzene rings is 1. The van der Waals surface area contributed by atoms with Crippen molar-refractivity contribution < 1.29 is 18.3 Å². The molecule has 2 rings (SSSR count). The smallest absolute Gasteiger partial charge is 0.335 e. The number of aryl methyl sites for hydroxylation is 2. The topological polar surface area (TPSA) is 112 Å². The molecule has 0 atom stereocenters. The summed E-state index contributed by atoms with van der Waals surface area (Å²) < 4.78 is 26.8. The maximum absolute atomic E-state index is 12.1. The SMILES string of the molecule is Cc1n[nH]c(C)c1CNS(=O)(=O)c1ccc(C(=O)O)cc1. The minimum Gasteiger partial charge on any atom is -0.478 e. The molecule has 7 nitrogen and oxygen atoms in total. The van der Waals surface area contributed by atoms with Crippen molar-refractivity contribution in [2.75, 3.05) is 0 Å². The van der Waals surface area contributed by atoms with Crippen molar-refractivity contribution in [3.05, 3.63) is 46.8 Å². The summed E-state index contributed by atoms with van der Waals surface area (Å²) in [5, 5.41) is 15.6. The van der Waals surface area contributed by atoms with E-state index in [2.05, 4.69) is 14.9 Å². The molecule has 0 radical (unpaired) electrons. The first kappa shape index (κ1) is 15.2. The quantitative estimate of drug-likeness (QED) is 0.768. The number of nitrogens with one attached hydrogen (secondary N) is 2. The Morgan fingerprint density at radius 2 is 1.90 bits per heavy atom. The number of carbonyl (C=O) groups is 1. The first-order valence-electron chi connectivity index (χ1n) is 6.15. The van der Waals surface area contributed by atoms with Crippen LogP contribution in [-0.2, 0) is 16.6 Å². The number of aromatic amines is 1. The van der Waals surface area contributed by atoms with E-state index < -0.39 is 16.0 Å². The lowest BCUT2D eigenvalue weighted by Crippen LogP contribution is -2.23. The average molecular weight is 309 g/mol. The fourth-order valence-corrected chi connectivity index (χ4v) is 2.86. The van der Waals surface area contributed by atoms with Gasteiger partial charge in [-0.1, -0.05) is 0 Å². The van der Waals surface area contributed by atoms with Crippen molar-refractivity contribution in [2.24, 2.45) is 0 Å². The van der Waals surface area contributed by atoms with Crippen molar-refractivity contribution in [2.45, 2.75) is 25.3 Å². The lowest BCUT2D eigenvalue weighted by Gasteiger charge is -2.07. The van der Waals surface area contributed by atoms with Gasteiger partial charge in [-0.15, -0.1) is 0 Å². The molecule has 1 aromatic heterocycles. The van der Waals surface area contributed by atoms with Crippen LogP contribution in [0.1, 0.15) is 27.3 Å². The minimum atomic E-state index is -3.70. The van der Waals surface area contributed by atoms with Gasteiger partial charge in [0, 0.05) is 17.8 Å². The van der Waals surface area contributed by atoms with Crippen LogP contribution in [0.3, 0.4) is 0 Å². The summed E-state index contributed by atoms with van der Waals surface area (Å²) in [5.41, 5.74) is 2.36. The summed E-state index contributed by atoms with van der Waals surface area (Å²) in [5.74, 6) is -1.10. The minimum absolute atomic E-state index is 0.0197. The Balaban J connectivity index is 2.17. The summed E-state index contributed by atoms with van der Waals surface area (Å²) in [6, 6.07) is 5.04. The zero-order valence-corrected chi connectivity index (χ0v) is 12.4. The molecular formula is C13H15N3O4S. The molecule has 0 unspecified atom stereocenters. The molecular weight excluding hydrogens is 294 g/mol. The Morgan fingerprint density at radius 3 is 2.38 bits per heavy atom. The van der Waals surface area contributed by atoms with Crippen LogP contribution in [0.2, 0.25) is 0 Å². The van der Waals surface area contributed by atoms with E-state index in [0.29, 0.717) is 0 Å². The van der Waals surface area contributed by atoms with Crippen molar-refractivity contribution in [3.63, 3.8) is 0 Å². The summed E-state index contributed by atoms with van der Waals surface area (Å²) in [7, 11) is -3.70. The van der Waals surface area contributed by atoms with Crippen LogP contribution in [-0.4, -0.2) is 29.7 Å². The second kappa shape index (κ2) is 5.66. The maximum Gasteiger partial charge on any atom is 0.335 e. The lowest BCUT2D eigenvalue weighted by molar-refractivity contribution is 0.0696. The Hall–Kier alpha value is -2.19. The number of sulfonamides is 1. The summed E-state index contributed by atoms with van der Waals surface area (Å²) in [4.78, 5) is 10.8. The third kappa shape index (κ3) is 3.29. The van der Waals surface area contributed by atoms with Crippen molar-refractivity contribution >= 4 is 16.0 Å². The molecule has 0 aliphatic carbocycles. The number of aromatic nitrogens is 2. The van der Waals surface area contributed by atoms with E-state index in [0.717, 1.165) is 17.0 Å². The number of H-pyrrole nitrogens is 1. The van der Waals surface area contributed by atoms with Gasteiger partial charge in [-0.2, -0.15) is 5.10 Å². The van der Waals surface area contributed by atoms with Gasteiger partial charge >= 0.3 is 5.97 Å². The highest BCUT2D eigenvalue weighted by Gasteiger charge is 2.16. The molecule has 8 heteroatoms. The fourth-order valence-electron chi connectivity index (χ4n) is 1.86. The Morgan fingerprint density at radius 1 is 1.29 bits per heavy atom. The molecule has 1 aromatic carbocycles. The van der Waals surface area contributed by atoms with Crippen LogP contribution in [0.4, 0.5) is 0 Å². The molecule has 1 heterocycles. The van der Waals surface area contributed by atoms with Crippen molar-refractivity contribution in [3.8, 4) is 0 Å². The van der Waals surface area contributed by atoms with Gasteiger partial charge in [0.2, 0.25) is 10.0 Å². The Labute approximate surface area is 122 Å². The van der Waals surface area contributed by atoms with Crippen LogP contribution in [0.15, 0.2) is 29.2 Å². The number of carboxylic acid groups (broad SMARTS) is 1. The van der Waals surface area contributed by atoms with Gasteiger partial charge in [0.25, 0.3) is 0 Å². The second-order valence-electron chi connectivity index (χ2n) is 4.57. The van der Waals surface area contributed by atoms with Crippen molar-refractivity contribution in [1.29, 1.82) is 0 Å². The van der Waals surface area contributed by atoms with Gasteiger partial charge in [0.15, 0.2) is 0 Å². The number of aromatic carboxylic acids is 1. The van der Waals surface area contributed by atoms with Crippen LogP contribution in [0.25, 0.3) is 0 Å². The maximum atomic E-state index is 12.1. The molecule has 0 bridgehead atoms. The average Bonchev–Trinajstić information content (AvgIpc) is 2.76. The van der Waals surface area contributed by atoms with Crippen LogP contribution >= 0.6 is 0 Å². The predicted octanol–water partition coefficient (Wildman–Crippen LogP) is 1.20. The van der Waals surface area contributed by atoms with E-state index in [4.69, 9.17) is 5.11 Å². The summed E-state index contributed by atoms with van der Waals surface area (Å²) >= 11 is 0. The van der Waals surface area contributed by atoms with Crippen LogP contribution < -0.4 is 4.72 Å². The molecule has 0 saturated heterocycles. The monoisotopic (exact) mass is 309 g/mol. The number of nitrogens with zero attached hydrogens (tertiary/aromatic N) is 1. The third-order valence-electron chi connectivity index (χ3n) is 3.13. The van der Waals surface area contributed by atoms with Gasteiger partial charge in [-0.3, -0.25) is 5.10 Å². The molecule has 112 valence electrons. The molecule has 0 saturated carbocycles. The van der Waals surface area contributed by atoms with Gasteiger partial charge in [0.1, 0.15) is 0 Å². The Bertz CT molecular complexity index is 744. The summed E-state index contributed by atoms with van der Waals surface area (Å²) in [6.07, 6.45) is 0. The molecule has 0 spiro atoms. The van der Waals surface area contributed by atoms with E-state index >= 15 is 0 Å². The highest BCUT2D eigenvalue weighted by atomic mass is 32.2. The van der Waals surface area contributed by atoms with E-state index in [-0.39, 0.29) is 17.0 Å². The van der Waals surface area contributed by atoms with E-state index in [1.807, 2.05) is 6.92 Å². The van der Waals surface area contributed by atoms with E-state index in [9.17, 15) is 13.2 Å².